The summed E-state index contributed by atoms with van der Waals surface area (Å²) in [5.74, 6) is -3.25. The number of hydrogen-bond acceptors (Lipinski definition) is 5. The van der Waals surface area contributed by atoms with Crippen LogP contribution in [0.5, 0.6) is 5.75 Å². The van der Waals surface area contributed by atoms with Crippen molar-refractivity contribution >= 4 is 11.9 Å². The smallest absolute Gasteiger partial charge is 0.471 e. The first-order valence-electron chi connectivity index (χ1n) is 5.98. The quantitative estimate of drug-likeness (QED) is 0.789. The first-order valence-corrected chi connectivity index (χ1v) is 5.98. The third-order valence-electron chi connectivity index (χ3n) is 2.75. The Morgan fingerprint density at radius 3 is 2.41 bits per heavy atom. The minimum absolute atomic E-state index is 0.0808. The summed E-state index contributed by atoms with van der Waals surface area (Å²) in [6.45, 7) is 0. The molecule has 1 aromatic carbocycles. The van der Waals surface area contributed by atoms with Gasteiger partial charge < -0.3 is 19.9 Å². The highest BCUT2D eigenvalue weighted by molar-refractivity contribution is 5.88. The van der Waals surface area contributed by atoms with Gasteiger partial charge in [-0.25, -0.2) is 4.79 Å². The predicted molar refractivity (Wildman–Crippen MR) is 68.0 cm³/mol. The van der Waals surface area contributed by atoms with E-state index in [0.29, 0.717) is 5.75 Å². The van der Waals surface area contributed by atoms with Gasteiger partial charge in [0.25, 0.3) is 0 Å². The number of carbonyl (C=O) groups excluding carboxylic acids is 2. The number of amides is 1. The van der Waals surface area contributed by atoms with Crippen LogP contribution in [0, 0.1) is 0 Å². The fraction of sp³-hybridized carbons (Fsp3) is 0.385. The molecule has 22 heavy (non-hydrogen) atoms. The molecule has 0 saturated heterocycles. The van der Waals surface area contributed by atoms with Gasteiger partial charge in [0.15, 0.2) is 6.04 Å². The number of methoxy groups -OCH3 is 2. The van der Waals surface area contributed by atoms with Crippen LogP contribution in [0.3, 0.4) is 0 Å². The highest BCUT2D eigenvalue weighted by atomic mass is 19.4. The number of benzene rings is 1. The summed E-state index contributed by atoms with van der Waals surface area (Å²) >= 11 is 0. The van der Waals surface area contributed by atoms with Crippen LogP contribution < -0.4 is 10.1 Å². The molecule has 0 heterocycles. The van der Waals surface area contributed by atoms with Crippen LogP contribution in [-0.4, -0.2) is 43.4 Å². The van der Waals surface area contributed by atoms with Crippen molar-refractivity contribution in [3.63, 3.8) is 0 Å². The highest BCUT2D eigenvalue weighted by Crippen LogP contribution is 2.23. The number of hydrogen-bond donors (Lipinski definition) is 2. The van der Waals surface area contributed by atoms with E-state index in [1.54, 1.807) is 0 Å². The number of carbonyl (C=O) groups is 2. The van der Waals surface area contributed by atoms with Crippen LogP contribution in [0.25, 0.3) is 0 Å². The second-order valence-electron chi connectivity index (χ2n) is 4.19. The maximum atomic E-state index is 12.3. The summed E-state index contributed by atoms with van der Waals surface area (Å²) in [5.41, 5.74) is 0.0808. The van der Waals surface area contributed by atoms with Crippen LogP contribution in [0.2, 0.25) is 0 Å². The van der Waals surface area contributed by atoms with Crippen molar-refractivity contribution in [1.82, 2.24) is 5.32 Å². The van der Waals surface area contributed by atoms with Crippen LogP contribution in [0.15, 0.2) is 24.3 Å². The zero-order chi connectivity index (χ0) is 16.9. The molecule has 0 spiro atoms. The van der Waals surface area contributed by atoms with Crippen molar-refractivity contribution in [3.05, 3.63) is 29.8 Å². The Morgan fingerprint density at radius 1 is 1.27 bits per heavy atom. The van der Waals surface area contributed by atoms with E-state index < -0.39 is 30.2 Å². The molecule has 0 unspecified atom stereocenters. The minimum Gasteiger partial charge on any atom is -0.497 e. The first-order chi connectivity index (χ1) is 10.2. The molecule has 0 bridgehead atoms. The number of esters is 1. The van der Waals surface area contributed by atoms with Crippen LogP contribution in [-0.2, 0) is 14.3 Å². The average molecular weight is 321 g/mol. The first kappa shape index (κ1) is 17.8. The van der Waals surface area contributed by atoms with Gasteiger partial charge in [-0.15, -0.1) is 0 Å². The fourth-order valence-electron chi connectivity index (χ4n) is 1.63. The van der Waals surface area contributed by atoms with E-state index in [0.717, 1.165) is 7.11 Å². The van der Waals surface area contributed by atoms with Crippen molar-refractivity contribution in [1.29, 1.82) is 0 Å². The highest BCUT2D eigenvalue weighted by Gasteiger charge is 2.43. The van der Waals surface area contributed by atoms with Crippen molar-refractivity contribution in [2.75, 3.05) is 14.2 Å². The summed E-state index contributed by atoms with van der Waals surface area (Å²) in [7, 11) is 2.28. The second-order valence-corrected chi connectivity index (χ2v) is 4.19. The Bertz CT molecular complexity index is 547. The van der Waals surface area contributed by atoms with Gasteiger partial charge in [0.1, 0.15) is 11.9 Å². The number of halogens is 3. The molecule has 2 atom stereocenters. The number of aliphatic hydroxyl groups excluding tert-OH is 1. The molecule has 0 aliphatic rings. The fourth-order valence-corrected chi connectivity index (χ4v) is 1.63. The lowest BCUT2D eigenvalue weighted by Gasteiger charge is -2.23. The van der Waals surface area contributed by atoms with E-state index in [1.165, 1.54) is 36.7 Å². The van der Waals surface area contributed by atoms with Gasteiger partial charge in [0, 0.05) is 0 Å². The molecule has 0 aromatic heterocycles. The van der Waals surface area contributed by atoms with Crippen LogP contribution in [0.4, 0.5) is 13.2 Å². The van der Waals surface area contributed by atoms with Crippen molar-refractivity contribution in [3.8, 4) is 5.75 Å². The van der Waals surface area contributed by atoms with Crippen molar-refractivity contribution in [2.24, 2.45) is 0 Å². The van der Waals surface area contributed by atoms with Gasteiger partial charge in [-0.05, 0) is 17.7 Å². The standard InChI is InChI=1S/C13H14F3NO5/c1-21-8-5-3-4-7(6-8)10(18)9(11(19)22-2)17-12(20)13(14,15)16/h3-6,9-10,18H,1-2H3,(H,17,20)/t9-,10+/m1/s1. The van der Waals surface area contributed by atoms with E-state index in [9.17, 15) is 27.9 Å². The largest absolute Gasteiger partial charge is 0.497 e. The molecule has 1 rings (SSSR count). The molecule has 0 aliphatic heterocycles. The maximum absolute atomic E-state index is 12.3. The molecular formula is C13H14F3NO5. The van der Waals surface area contributed by atoms with Gasteiger partial charge in [-0.2, -0.15) is 13.2 Å². The second kappa shape index (κ2) is 7.12. The molecule has 0 saturated carbocycles. The molecule has 1 aromatic rings. The van der Waals surface area contributed by atoms with Crippen molar-refractivity contribution in [2.45, 2.75) is 18.3 Å². The monoisotopic (exact) mass is 321 g/mol. The Balaban J connectivity index is 3.05. The number of alkyl halides is 3. The summed E-state index contributed by atoms with van der Waals surface area (Å²) in [6.07, 6.45) is -6.94. The van der Waals surface area contributed by atoms with Gasteiger partial charge >= 0.3 is 18.1 Å². The van der Waals surface area contributed by atoms with Gasteiger partial charge in [-0.1, -0.05) is 12.1 Å². The van der Waals surface area contributed by atoms with Gasteiger partial charge in [-0.3, -0.25) is 4.79 Å². The SMILES string of the molecule is COC(=O)[C@H](NC(=O)C(F)(F)F)[C@@H](O)c1cccc(OC)c1. The Hall–Kier alpha value is -2.29. The minimum atomic E-state index is -5.19. The lowest BCUT2D eigenvalue weighted by Crippen LogP contribution is -2.50. The molecule has 122 valence electrons. The van der Waals surface area contributed by atoms with E-state index in [-0.39, 0.29) is 5.56 Å². The summed E-state index contributed by atoms with van der Waals surface area (Å²) < 4.78 is 46.1. The van der Waals surface area contributed by atoms with E-state index in [4.69, 9.17) is 4.74 Å². The lowest BCUT2D eigenvalue weighted by molar-refractivity contribution is -0.177. The van der Waals surface area contributed by atoms with E-state index >= 15 is 0 Å². The van der Waals surface area contributed by atoms with E-state index in [2.05, 4.69) is 4.74 Å². The van der Waals surface area contributed by atoms with Gasteiger partial charge in [0.2, 0.25) is 0 Å². The third-order valence-corrected chi connectivity index (χ3v) is 2.75. The Kier molecular flexibility index (Phi) is 5.75. The Labute approximate surface area is 123 Å². The molecule has 0 aliphatic carbocycles. The molecule has 6 nitrogen and oxygen atoms in total. The topological polar surface area (TPSA) is 84.9 Å². The molecule has 1 amide bonds. The zero-order valence-electron chi connectivity index (χ0n) is 11.7. The summed E-state index contributed by atoms with van der Waals surface area (Å²) in [6, 6.07) is 3.78. The Morgan fingerprint density at radius 2 is 1.91 bits per heavy atom. The predicted octanol–water partition coefficient (Wildman–Crippen LogP) is 0.949. The van der Waals surface area contributed by atoms with E-state index in [1.807, 2.05) is 0 Å². The summed E-state index contributed by atoms with van der Waals surface area (Å²) in [5, 5.41) is 11.5. The number of rotatable bonds is 5. The van der Waals surface area contributed by atoms with Crippen LogP contribution >= 0.6 is 0 Å². The lowest BCUT2D eigenvalue weighted by atomic mass is 10.0. The van der Waals surface area contributed by atoms with Gasteiger partial charge in [0.05, 0.1) is 14.2 Å². The number of ether oxygens (including phenoxy) is 2. The normalized spacial score (nSPS) is 13.9. The van der Waals surface area contributed by atoms with Crippen molar-refractivity contribution < 1.29 is 37.3 Å². The van der Waals surface area contributed by atoms with Crippen LogP contribution in [0.1, 0.15) is 11.7 Å². The summed E-state index contributed by atoms with van der Waals surface area (Å²) in [4.78, 5) is 22.5. The number of aliphatic hydroxyl groups is 1. The molecule has 2 N–H and O–H groups in total. The maximum Gasteiger partial charge on any atom is 0.471 e. The molecule has 0 fully saturated rings. The molecule has 0 radical (unpaired) electrons. The number of nitrogens with one attached hydrogen (secondary N) is 1. The molecule has 9 heteroatoms. The third kappa shape index (κ3) is 4.35. The average Bonchev–Trinajstić information content (AvgIpc) is 2.50. The zero-order valence-corrected chi connectivity index (χ0v) is 11.7. The molecular weight excluding hydrogens is 307 g/mol.